The fourth-order valence-electron chi connectivity index (χ4n) is 2.17. The van der Waals surface area contributed by atoms with Crippen molar-refractivity contribution in [3.8, 4) is 0 Å². The molecule has 2 aromatic rings. The maximum Gasteiger partial charge on any atom is 0.319 e. The van der Waals surface area contributed by atoms with Crippen molar-refractivity contribution in [3.63, 3.8) is 0 Å². The normalized spacial score (nSPS) is 12.7. The van der Waals surface area contributed by atoms with E-state index in [0.717, 1.165) is 5.69 Å². The zero-order chi connectivity index (χ0) is 16.9. The summed E-state index contributed by atoms with van der Waals surface area (Å²) in [5.74, 6) is 0.505. The van der Waals surface area contributed by atoms with Crippen molar-refractivity contribution in [2.45, 2.75) is 38.7 Å². The lowest BCUT2D eigenvalue weighted by Gasteiger charge is -2.19. The van der Waals surface area contributed by atoms with Gasteiger partial charge in [-0.2, -0.15) is 0 Å². The summed E-state index contributed by atoms with van der Waals surface area (Å²) in [6, 6.07) is 10.9. The topological polar surface area (TPSA) is 74.5 Å². The standard InChI is InChI=1S/C18H24N2O3/c1-18(2,3)13-6-8-14(9-7-13)20-17(22)19-11-10-15(21)16-5-4-12-23-16/h4-9,12,15,21H,10-11H2,1-3H3,(H2,19,20,22). The lowest BCUT2D eigenvalue weighted by Crippen LogP contribution is -2.30. The van der Waals surface area contributed by atoms with E-state index in [4.69, 9.17) is 4.42 Å². The molecule has 0 fully saturated rings. The van der Waals surface area contributed by atoms with Gasteiger partial charge < -0.3 is 20.2 Å². The quantitative estimate of drug-likeness (QED) is 0.785. The average Bonchev–Trinajstić information content (AvgIpc) is 3.01. The molecular formula is C18H24N2O3. The number of hydrogen-bond acceptors (Lipinski definition) is 3. The van der Waals surface area contributed by atoms with Crippen molar-refractivity contribution in [3.05, 3.63) is 54.0 Å². The maximum absolute atomic E-state index is 11.8. The highest BCUT2D eigenvalue weighted by Gasteiger charge is 2.13. The Morgan fingerprint density at radius 3 is 2.48 bits per heavy atom. The number of aliphatic hydroxyl groups is 1. The minimum absolute atomic E-state index is 0.0861. The van der Waals surface area contributed by atoms with E-state index in [1.165, 1.54) is 11.8 Å². The third-order valence-corrected chi connectivity index (χ3v) is 3.58. The molecule has 0 spiro atoms. The Balaban J connectivity index is 1.76. The Bertz CT molecular complexity index is 613. The highest BCUT2D eigenvalue weighted by Crippen LogP contribution is 2.23. The van der Waals surface area contributed by atoms with E-state index < -0.39 is 6.10 Å². The first-order chi connectivity index (χ1) is 10.9. The Hall–Kier alpha value is -2.27. The van der Waals surface area contributed by atoms with E-state index >= 15 is 0 Å². The van der Waals surface area contributed by atoms with Gasteiger partial charge in [0.15, 0.2) is 0 Å². The smallest absolute Gasteiger partial charge is 0.319 e. The van der Waals surface area contributed by atoms with Crippen molar-refractivity contribution in [2.24, 2.45) is 0 Å². The molecule has 5 nitrogen and oxygen atoms in total. The summed E-state index contributed by atoms with van der Waals surface area (Å²) in [6.07, 6.45) is 1.19. The summed E-state index contributed by atoms with van der Waals surface area (Å²) >= 11 is 0. The maximum atomic E-state index is 11.8. The Labute approximate surface area is 136 Å². The number of nitrogens with one attached hydrogen (secondary N) is 2. The number of anilines is 1. The van der Waals surface area contributed by atoms with Crippen LogP contribution in [0.15, 0.2) is 47.1 Å². The predicted molar refractivity (Wildman–Crippen MR) is 90.4 cm³/mol. The fourth-order valence-corrected chi connectivity index (χ4v) is 2.17. The minimum atomic E-state index is -0.712. The largest absolute Gasteiger partial charge is 0.467 e. The third kappa shape index (κ3) is 5.14. The summed E-state index contributed by atoms with van der Waals surface area (Å²) in [7, 11) is 0. The van der Waals surface area contributed by atoms with Crippen LogP contribution in [0.4, 0.5) is 10.5 Å². The Morgan fingerprint density at radius 1 is 1.22 bits per heavy atom. The fraction of sp³-hybridized carbons (Fsp3) is 0.389. The molecule has 5 heteroatoms. The van der Waals surface area contributed by atoms with Gasteiger partial charge >= 0.3 is 6.03 Å². The van der Waals surface area contributed by atoms with Crippen molar-refractivity contribution in [2.75, 3.05) is 11.9 Å². The van der Waals surface area contributed by atoms with Crippen LogP contribution in [-0.4, -0.2) is 17.7 Å². The van der Waals surface area contributed by atoms with Crippen LogP contribution in [-0.2, 0) is 5.41 Å². The average molecular weight is 316 g/mol. The van der Waals surface area contributed by atoms with E-state index in [9.17, 15) is 9.90 Å². The van der Waals surface area contributed by atoms with Crippen molar-refractivity contribution in [1.29, 1.82) is 0 Å². The van der Waals surface area contributed by atoms with Crippen LogP contribution in [0.25, 0.3) is 0 Å². The Morgan fingerprint density at radius 2 is 1.91 bits per heavy atom. The molecule has 1 aromatic heterocycles. The number of rotatable bonds is 5. The van der Waals surface area contributed by atoms with Gasteiger partial charge in [0.2, 0.25) is 0 Å². The van der Waals surface area contributed by atoms with Crippen LogP contribution in [0.5, 0.6) is 0 Å². The second kappa shape index (κ2) is 7.33. The molecule has 1 unspecified atom stereocenters. The first kappa shape index (κ1) is 17.1. The monoisotopic (exact) mass is 316 g/mol. The summed E-state index contributed by atoms with van der Waals surface area (Å²) in [5, 5.41) is 15.3. The number of furan rings is 1. The number of amides is 2. The van der Waals surface area contributed by atoms with Crippen LogP contribution >= 0.6 is 0 Å². The van der Waals surface area contributed by atoms with Gasteiger partial charge in [0.05, 0.1) is 6.26 Å². The molecule has 0 bridgehead atoms. The van der Waals surface area contributed by atoms with Gasteiger partial charge in [-0.05, 0) is 41.7 Å². The summed E-state index contributed by atoms with van der Waals surface area (Å²) in [4.78, 5) is 11.8. The molecule has 23 heavy (non-hydrogen) atoms. The van der Waals surface area contributed by atoms with Crippen LogP contribution in [0.3, 0.4) is 0 Å². The lowest BCUT2D eigenvalue weighted by atomic mass is 9.87. The molecule has 0 saturated heterocycles. The van der Waals surface area contributed by atoms with Crippen LogP contribution in [0, 0.1) is 0 Å². The minimum Gasteiger partial charge on any atom is -0.467 e. The molecule has 0 radical (unpaired) electrons. The van der Waals surface area contributed by atoms with Gasteiger partial charge in [-0.1, -0.05) is 32.9 Å². The van der Waals surface area contributed by atoms with Gasteiger partial charge in [0, 0.05) is 12.2 Å². The Kier molecular flexibility index (Phi) is 5.45. The number of carbonyl (C=O) groups is 1. The summed E-state index contributed by atoms with van der Waals surface area (Å²) in [6.45, 7) is 6.79. The molecular weight excluding hydrogens is 292 g/mol. The van der Waals surface area contributed by atoms with Crippen molar-refractivity contribution in [1.82, 2.24) is 5.32 Å². The van der Waals surface area contributed by atoms with Gasteiger partial charge in [0.1, 0.15) is 11.9 Å². The van der Waals surface area contributed by atoms with Gasteiger partial charge in [-0.3, -0.25) is 0 Å². The number of carbonyl (C=O) groups excluding carboxylic acids is 1. The molecule has 0 aliphatic rings. The molecule has 0 aliphatic heterocycles. The highest BCUT2D eigenvalue weighted by atomic mass is 16.4. The van der Waals surface area contributed by atoms with Gasteiger partial charge in [0.25, 0.3) is 0 Å². The second-order valence-electron chi connectivity index (χ2n) is 6.53. The lowest BCUT2D eigenvalue weighted by molar-refractivity contribution is 0.140. The van der Waals surface area contributed by atoms with E-state index in [1.807, 2.05) is 24.3 Å². The van der Waals surface area contributed by atoms with E-state index in [0.29, 0.717) is 18.7 Å². The number of hydrogen-bond donors (Lipinski definition) is 3. The molecule has 1 aromatic carbocycles. The van der Waals surface area contributed by atoms with Crippen molar-refractivity contribution >= 4 is 11.7 Å². The SMILES string of the molecule is CC(C)(C)c1ccc(NC(=O)NCCC(O)c2ccco2)cc1. The molecule has 124 valence electrons. The van der Waals surface area contributed by atoms with Crippen LogP contribution in [0.2, 0.25) is 0 Å². The zero-order valence-electron chi connectivity index (χ0n) is 13.8. The van der Waals surface area contributed by atoms with Gasteiger partial charge in [-0.15, -0.1) is 0 Å². The van der Waals surface area contributed by atoms with E-state index in [-0.39, 0.29) is 11.4 Å². The zero-order valence-corrected chi connectivity index (χ0v) is 13.8. The van der Waals surface area contributed by atoms with Crippen molar-refractivity contribution < 1.29 is 14.3 Å². The molecule has 0 aliphatic carbocycles. The second-order valence-corrected chi connectivity index (χ2v) is 6.53. The van der Waals surface area contributed by atoms with E-state index in [1.54, 1.807) is 12.1 Å². The first-order valence-corrected chi connectivity index (χ1v) is 7.73. The third-order valence-electron chi connectivity index (χ3n) is 3.58. The molecule has 1 heterocycles. The van der Waals surface area contributed by atoms with E-state index in [2.05, 4.69) is 31.4 Å². The predicted octanol–water partition coefficient (Wildman–Crippen LogP) is 3.82. The number of benzene rings is 1. The van der Waals surface area contributed by atoms with Crippen LogP contribution in [0.1, 0.15) is 44.6 Å². The first-order valence-electron chi connectivity index (χ1n) is 7.73. The van der Waals surface area contributed by atoms with Gasteiger partial charge in [-0.25, -0.2) is 4.79 Å². The summed E-state index contributed by atoms with van der Waals surface area (Å²) in [5.41, 5.74) is 2.04. The number of aliphatic hydroxyl groups excluding tert-OH is 1. The van der Waals surface area contributed by atoms with Crippen LogP contribution < -0.4 is 10.6 Å². The number of urea groups is 1. The molecule has 1 atom stereocenters. The molecule has 0 saturated carbocycles. The molecule has 2 rings (SSSR count). The molecule has 2 amide bonds. The highest BCUT2D eigenvalue weighted by molar-refractivity contribution is 5.89. The molecule has 3 N–H and O–H groups in total. The summed E-state index contributed by atoms with van der Waals surface area (Å²) < 4.78 is 5.11.